The van der Waals surface area contributed by atoms with E-state index in [0.717, 1.165) is 24.8 Å². The van der Waals surface area contributed by atoms with Crippen molar-refractivity contribution >= 4 is 11.3 Å². The van der Waals surface area contributed by atoms with E-state index < -0.39 is 0 Å². The molecule has 3 unspecified atom stereocenters. The average molecular weight is 252 g/mol. The Morgan fingerprint density at radius 1 is 1.53 bits per heavy atom. The molecule has 0 spiro atoms. The van der Waals surface area contributed by atoms with Gasteiger partial charge in [-0.3, -0.25) is 0 Å². The van der Waals surface area contributed by atoms with E-state index >= 15 is 0 Å². The fourth-order valence-corrected chi connectivity index (χ4v) is 3.73. The summed E-state index contributed by atoms with van der Waals surface area (Å²) >= 11 is 1.79. The van der Waals surface area contributed by atoms with Crippen LogP contribution in [0.3, 0.4) is 0 Å². The van der Waals surface area contributed by atoms with Crippen molar-refractivity contribution in [3.8, 4) is 0 Å². The summed E-state index contributed by atoms with van der Waals surface area (Å²) in [6, 6.07) is 0.633. The number of aromatic nitrogens is 1. The van der Waals surface area contributed by atoms with E-state index in [1.165, 1.54) is 30.7 Å². The fraction of sp³-hybridized carbons (Fsp3) is 0.786. The molecule has 0 bridgehead atoms. The highest BCUT2D eigenvalue weighted by Gasteiger charge is 2.26. The van der Waals surface area contributed by atoms with Gasteiger partial charge in [-0.05, 0) is 31.2 Å². The van der Waals surface area contributed by atoms with Crippen molar-refractivity contribution in [2.45, 2.75) is 52.0 Å². The maximum absolute atomic E-state index is 4.43. The Bertz CT molecular complexity index is 310. The van der Waals surface area contributed by atoms with Gasteiger partial charge in [0.1, 0.15) is 0 Å². The van der Waals surface area contributed by atoms with Crippen molar-refractivity contribution in [2.24, 2.45) is 11.8 Å². The second-order valence-electron chi connectivity index (χ2n) is 5.33. The molecular weight excluding hydrogens is 228 g/mol. The zero-order valence-electron chi connectivity index (χ0n) is 11.0. The zero-order valence-corrected chi connectivity index (χ0v) is 11.8. The summed E-state index contributed by atoms with van der Waals surface area (Å²) in [4.78, 5) is 4.43. The second-order valence-corrected chi connectivity index (χ2v) is 6.31. The quantitative estimate of drug-likeness (QED) is 0.867. The summed E-state index contributed by atoms with van der Waals surface area (Å²) in [6.45, 7) is 5.68. The van der Waals surface area contributed by atoms with Crippen LogP contribution in [-0.4, -0.2) is 17.6 Å². The zero-order chi connectivity index (χ0) is 12.1. The highest BCUT2D eigenvalue weighted by atomic mass is 32.1. The van der Waals surface area contributed by atoms with E-state index in [9.17, 15) is 0 Å². The normalized spacial score (nSPS) is 26.9. The number of likely N-dealkylation sites (N-methyl/N-ethyl adjacent to an activating group) is 1. The summed E-state index contributed by atoms with van der Waals surface area (Å²) in [5, 5.41) is 7.05. The number of hydrogen-bond donors (Lipinski definition) is 1. The first kappa shape index (κ1) is 13.0. The van der Waals surface area contributed by atoms with Gasteiger partial charge in [0.2, 0.25) is 0 Å². The van der Waals surface area contributed by atoms with Crippen molar-refractivity contribution < 1.29 is 0 Å². The van der Waals surface area contributed by atoms with E-state index in [1.54, 1.807) is 11.3 Å². The molecule has 3 atom stereocenters. The lowest BCUT2D eigenvalue weighted by molar-refractivity contribution is 0.222. The van der Waals surface area contributed by atoms with Crippen LogP contribution in [0.4, 0.5) is 0 Å². The van der Waals surface area contributed by atoms with Crippen LogP contribution in [0.2, 0.25) is 0 Å². The molecule has 1 heterocycles. The molecular formula is C14H24N2S. The van der Waals surface area contributed by atoms with Crippen molar-refractivity contribution in [3.05, 3.63) is 16.6 Å². The molecule has 1 aromatic heterocycles. The third kappa shape index (κ3) is 3.78. The fourth-order valence-electron chi connectivity index (χ4n) is 3.06. The molecule has 1 aliphatic carbocycles. The molecule has 1 aliphatic rings. The number of thiazole rings is 1. The molecule has 0 aromatic carbocycles. The predicted molar refractivity (Wildman–Crippen MR) is 74.4 cm³/mol. The molecule has 1 fully saturated rings. The van der Waals surface area contributed by atoms with Crippen LogP contribution >= 0.6 is 11.3 Å². The second kappa shape index (κ2) is 6.50. The number of hydrogen-bond acceptors (Lipinski definition) is 3. The van der Waals surface area contributed by atoms with E-state index in [4.69, 9.17) is 0 Å². The van der Waals surface area contributed by atoms with Crippen molar-refractivity contribution in [2.75, 3.05) is 6.54 Å². The SMILES string of the molecule is CCNC(Cc1nccs1)C1CCCC(C)C1. The molecule has 0 saturated heterocycles. The van der Waals surface area contributed by atoms with Gasteiger partial charge in [0.25, 0.3) is 0 Å². The van der Waals surface area contributed by atoms with Crippen LogP contribution in [0.5, 0.6) is 0 Å². The molecule has 2 nitrogen and oxygen atoms in total. The summed E-state index contributed by atoms with van der Waals surface area (Å²) < 4.78 is 0. The van der Waals surface area contributed by atoms with Gasteiger partial charge in [0.15, 0.2) is 0 Å². The summed E-state index contributed by atoms with van der Waals surface area (Å²) in [5.41, 5.74) is 0. The molecule has 0 amide bonds. The molecule has 1 saturated carbocycles. The molecule has 0 aliphatic heterocycles. The molecule has 1 N–H and O–H groups in total. The van der Waals surface area contributed by atoms with Crippen LogP contribution < -0.4 is 5.32 Å². The maximum atomic E-state index is 4.43. The molecule has 1 aromatic rings. The van der Waals surface area contributed by atoms with Crippen LogP contribution in [0.15, 0.2) is 11.6 Å². The first-order valence-electron chi connectivity index (χ1n) is 6.91. The Labute approximate surface area is 109 Å². The Kier molecular flexibility index (Phi) is 4.99. The first-order chi connectivity index (χ1) is 8.29. The van der Waals surface area contributed by atoms with Crippen LogP contribution in [0.1, 0.15) is 44.5 Å². The lowest BCUT2D eigenvalue weighted by atomic mass is 9.78. The van der Waals surface area contributed by atoms with Gasteiger partial charge >= 0.3 is 0 Å². The highest BCUT2D eigenvalue weighted by Crippen LogP contribution is 2.32. The Morgan fingerprint density at radius 3 is 3.06 bits per heavy atom. The summed E-state index contributed by atoms with van der Waals surface area (Å²) in [6.07, 6.45) is 8.66. The summed E-state index contributed by atoms with van der Waals surface area (Å²) in [7, 11) is 0. The van der Waals surface area contributed by atoms with Crippen molar-refractivity contribution in [1.29, 1.82) is 0 Å². The molecule has 3 heteroatoms. The number of nitrogens with zero attached hydrogens (tertiary/aromatic N) is 1. The Hall–Kier alpha value is -0.410. The summed E-state index contributed by atoms with van der Waals surface area (Å²) in [5.74, 6) is 1.76. The first-order valence-corrected chi connectivity index (χ1v) is 7.79. The van der Waals surface area contributed by atoms with Gasteiger partial charge in [0, 0.05) is 24.0 Å². The Morgan fingerprint density at radius 2 is 2.41 bits per heavy atom. The largest absolute Gasteiger partial charge is 0.314 e. The van der Waals surface area contributed by atoms with E-state index in [2.05, 4.69) is 29.5 Å². The van der Waals surface area contributed by atoms with Crippen LogP contribution in [0, 0.1) is 11.8 Å². The van der Waals surface area contributed by atoms with Gasteiger partial charge in [-0.2, -0.15) is 0 Å². The molecule has 17 heavy (non-hydrogen) atoms. The van der Waals surface area contributed by atoms with Gasteiger partial charge in [0.05, 0.1) is 5.01 Å². The van der Waals surface area contributed by atoms with E-state index in [-0.39, 0.29) is 0 Å². The van der Waals surface area contributed by atoms with E-state index in [0.29, 0.717) is 6.04 Å². The van der Waals surface area contributed by atoms with Crippen molar-refractivity contribution in [3.63, 3.8) is 0 Å². The minimum absolute atomic E-state index is 0.633. The third-order valence-electron chi connectivity index (χ3n) is 3.89. The third-order valence-corrected chi connectivity index (χ3v) is 4.69. The number of nitrogens with one attached hydrogen (secondary N) is 1. The number of rotatable bonds is 5. The maximum Gasteiger partial charge on any atom is 0.0940 e. The van der Waals surface area contributed by atoms with Crippen LogP contribution in [0.25, 0.3) is 0 Å². The van der Waals surface area contributed by atoms with Gasteiger partial charge in [-0.1, -0.05) is 26.7 Å². The lowest BCUT2D eigenvalue weighted by Gasteiger charge is -2.33. The molecule has 2 rings (SSSR count). The monoisotopic (exact) mass is 252 g/mol. The highest BCUT2D eigenvalue weighted by molar-refractivity contribution is 7.09. The van der Waals surface area contributed by atoms with Crippen LogP contribution in [-0.2, 0) is 6.42 Å². The lowest BCUT2D eigenvalue weighted by Crippen LogP contribution is -2.40. The van der Waals surface area contributed by atoms with Gasteiger partial charge in [-0.15, -0.1) is 11.3 Å². The van der Waals surface area contributed by atoms with Gasteiger partial charge < -0.3 is 5.32 Å². The minimum Gasteiger partial charge on any atom is -0.314 e. The Balaban J connectivity index is 1.95. The predicted octanol–water partition coefficient (Wildman–Crippen LogP) is 3.49. The minimum atomic E-state index is 0.633. The van der Waals surface area contributed by atoms with E-state index in [1.807, 2.05) is 6.20 Å². The average Bonchev–Trinajstić information content (AvgIpc) is 2.81. The standard InChI is InChI=1S/C14H24N2S/c1-3-15-13(10-14-16-7-8-17-14)12-6-4-5-11(2)9-12/h7-8,11-13,15H,3-6,9-10H2,1-2H3. The molecule has 96 valence electrons. The molecule has 0 radical (unpaired) electrons. The topological polar surface area (TPSA) is 24.9 Å². The smallest absolute Gasteiger partial charge is 0.0940 e. The van der Waals surface area contributed by atoms with Gasteiger partial charge in [-0.25, -0.2) is 4.98 Å². The van der Waals surface area contributed by atoms with Crippen molar-refractivity contribution in [1.82, 2.24) is 10.3 Å².